The van der Waals surface area contributed by atoms with Crippen LogP contribution in [0, 0.1) is 21.8 Å². The highest BCUT2D eigenvalue weighted by Crippen LogP contribution is 2.32. The van der Waals surface area contributed by atoms with Gasteiger partial charge in [0.25, 0.3) is 5.69 Å². The molecule has 0 radical (unpaired) electrons. The monoisotopic (exact) mass is 357 g/mol. The zero-order chi connectivity index (χ0) is 18.7. The lowest BCUT2D eigenvalue weighted by Crippen LogP contribution is -2.41. The minimum absolute atomic E-state index is 0.0150. The summed E-state index contributed by atoms with van der Waals surface area (Å²) >= 11 is 0. The van der Waals surface area contributed by atoms with Gasteiger partial charge in [0, 0.05) is 37.8 Å². The SMILES string of the molecule is CN(C(=O)C1CCN(c2ccccc2[N+](=O)[O-])CC1)c1ccc(F)cc1. The van der Waals surface area contributed by atoms with E-state index >= 15 is 0 Å². The van der Waals surface area contributed by atoms with Gasteiger partial charge >= 0.3 is 0 Å². The Kier molecular flexibility index (Phi) is 5.16. The van der Waals surface area contributed by atoms with Crippen molar-refractivity contribution in [3.8, 4) is 0 Å². The number of nitrogens with zero attached hydrogens (tertiary/aromatic N) is 3. The second-order valence-electron chi connectivity index (χ2n) is 6.38. The molecule has 0 atom stereocenters. The Balaban J connectivity index is 1.66. The van der Waals surface area contributed by atoms with Gasteiger partial charge in [0.1, 0.15) is 11.5 Å². The molecule has 0 bridgehead atoms. The second-order valence-corrected chi connectivity index (χ2v) is 6.38. The fourth-order valence-electron chi connectivity index (χ4n) is 3.32. The van der Waals surface area contributed by atoms with Crippen molar-refractivity contribution in [1.82, 2.24) is 0 Å². The molecule has 0 aromatic heterocycles. The first-order valence-corrected chi connectivity index (χ1v) is 8.49. The third kappa shape index (κ3) is 3.66. The van der Waals surface area contributed by atoms with Crippen LogP contribution in [0.1, 0.15) is 12.8 Å². The Hall–Kier alpha value is -2.96. The molecule has 1 saturated heterocycles. The molecule has 0 saturated carbocycles. The number of hydrogen-bond acceptors (Lipinski definition) is 4. The fraction of sp³-hybridized carbons (Fsp3) is 0.316. The second kappa shape index (κ2) is 7.51. The van der Waals surface area contributed by atoms with Crippen molar-refractivity contribution < 1.29 is 14.1 Å². The summed E-state index contributed by atoms with van der Waals surface area (Å²) in [4.78, 5) is 27.0. The van der Waals surface area contributed by atoms with Crippen molar-refractivity contribution in [3.05, 3.63) is 64.5 Å². The van der Waals surface area contributed by atoms with E-state index in [0.717, 1.165) is 0 Å². The van der Waals surface area contributed by atoms with E-state index in [1.54, 1.807) is 42.3 Å². The number of para-hydroxylation sites is 2. The summed E-state index contributed by atoms with van der Waals surface area (Å²) in [5.74, 6) is -0.504. The van der Waals surface area contributed by atoms with Crippen LogP contribution in [0.3, 0.4) is 0 Å². The summed E-state index contributed by atoms with van der Waals surface area (Å²) in [6.07, 6.45) is 1.24. The van der Waals surface area contributed by atoms with E-state index in [0.29, 0.717) is 37.3 Å². The van der Waals surface area contributed by atoms with Gasteiger partial charge in [-0.3, -0.25) is 14.9 Å². The third-order valence-corrected chi connectivity index (χ3v) is 4.81. The fourth-order valence-corrected chi connectivity index (χ4v) is 3.32. The Morgan fingerprint density at radius 2 is 1.77 bits per heavy atom. The number of piperidine rings is 1. The minimum atomic E-state index is -0.380. The highest BCUT2D eigenvalue weighted by molar-refractivity contribution is 5.94. The van der Waals surface area contributed by atoms with Crippen molar-refractivity contribution >= 4 is 23.0 Å². The molecule has 1 aliphatic heterocycles. The van der Waals surface area contributed by atoms with Crippen LogP contribution >= 0.6 is 0 Å². The molecule has 0 unspecified atom stereocenters. The van der Waals surface area contributed by atoms with Crippen LogP contribution < -0.4 is 9.80 Å². The number of amides is 1. The summed E-state index contributed by atoms with van der Waals surface area (Å²) in [6.45, 7) is 1.16. The predicted octanol–water partition coefficient (Wildman–Crippen LogP) is 3.61. The van der Waals surface area contributed by atoms with E-state index < -0.39 is 0 Å². The molecule has 2 aromatic carbocycles. The first-order valence-electron chi connectivity index (χ1n) is 8.49. The Morgan fingerprint density at radius 1 is 1.15 bits per heavy atom. The molecule has 2 aromatic rings. The van der Waals surface area contributed by atoms with Gasteiger partial charge < -0.3 is 9.80 Å². The highest BCUT2D eigenvalue weighted by atomic mass is 19.1. The summed E-state index contributed by atoms with van der Waals surface area (Å²) in [5, 5.41) is 11.2. The molecule has 26 heavy (non-hydrogen) atoms. The van der Waals surface area contributed by atoms with Crippen LogP contribution in [0.15, 0.2) is 48.5 Å². The summed E-state index contributed by atoms with van der Waals surface area (Å²) < 4.78 is 13.0. The van der Waals surface area contributed by atoms with Crippen LogP contribution in [0.5, 0.6) is 0 Å². The summed E-state index contributed by atoms with van der Waals surface area (Å²) in [5.41, 5.74) is 1.33. The van der Waals surface area contributed by atoms with Crippen molar-refractivity contribution in [2.24, 2.45) is 5.92 Å². The van der Waals surface area contributed by atoms with Crippen LogP contribution in [0.4, 0.5) is 21.5 Å². The Bertz CT molecular complexity index is 802. The third-order valence-electron chi connectivity index (χ3n) is 4.81. The van der Waals surface area contributed by atoms with E-state index in [4.69, 9.17) is 0 Å². The van der Waals surface area contributed by atoms with Crippen molar-refractivity contribution in [2.45, 2.75) is 12.8 Å². The largest absolute Gasteiger partial charge is 0.366 e. The molecular formula is C19H20FN3O3. The van der Waals surface area contributed by atoms with Gasteiger partial charge in [-0.05, 0) is 43.2 Å². The Morgan fingerprint density at radius 3 is 2.38 bits per heavy atom. The van der Waals surface area contributed by atoms with Crippen molar-refractivity contribution in [1.29, 1.82) is 0 Å². The van der Waals surface area contributed by atoms with Crippen LogP contribution in [-0.2, 0) is 4.79 Å². The molecule has 0 spiro atoms. The number of hydrogen-bond donors (Lipinski definition) is 0. The number of anilines is 2. The molecule has 0 aliphatic carbocycles. The molecule has 1 heterocycles. The number of carbonyl (C=O) groups excluding carboxylic acids is 1. The van der Waals surface area contributed by atoms with Crippen LogP contribution in [0.25, 0.3) is 0 Å². The molecule has 1 amide bonds. The predicted molar refractivity (Wildman–Crippen MR) is 97.8 cm³/mol. The lowest BCUT2D eigenvalue weighted by molar-refractivity contribution is -0.384. The highest BCUT2D eigenvalue weighted by Gasteiger charge is 2.30. The van der Waals surface area contributed by atoms with Crippen molar-refractivity contribution in [3.63, 3.8) is 0 Å². The lowest BCUT2D eigenvalue weighted by Gasteiger charge is -2.34. The first-order chi connectivity index (χ1) is 12.5. The van der Waals surface area contributed by atoms with Gasteiger partial charge in [-0.1, -0.05) is 12.1 Å². The topological polar surface area (TPSA) is 66.7 Å². The maximum Gasteiger partial charge on any atom is 0.292 e. The standard InChI is InChI=1S/C19H20FN3O3/c1-21(16-8-6-15(20)7-9-16)19(24)14-10-12-22(13-11-14)17-4-2-3-5-18(17)23(25)26/h2-9,14H,10-13H2,1H3. The molecule has 136 valence electrons. The first kappa shape index (κ1) is 17.8. The maximum absolute atomic E-state index is 13.0. The molecule has 6 nitrogen and oxygen atoms in total. The number of nitro benzene ring substituents is 1. The summed E-state index contributed by atoms with van der Waals surface area (Å²) in [7, 11) is 1.68. The average molecular weight is 357 g/mol. The zero-order valence-electron chi connectivity index (χ0n) is 14.5. The van der Waals surface area contributed by atoms with Crippen molar-refractivity contribution in [2.75, 3.05) is 29.9 Å². The average Bonchev–Trinajstić information content (AvgIpc) is 2.67. The Labute approximate surface area is 151 Å². The van der Waals surface area contributed by atoms with E-state index in [2.05, 4.69) is 0 Å². The van der Waals surface area contributed by atoms with Gasteiger partial charge in [-0.25, -0.2) is 4.39 Å². The minimum Gasteiger partial charge on any atom is -0.366 e. The smallest absolute Gasteiger partial charge is 0.292 e. The number of carbonyl (C=O) groups is 1. The lowest BCUT2D eigenvalue weighted by atomic mass is 9.94. The normalized spacial score (nSPS) is 14.9. The number of benzene rings is 2. The van der Waals surface area contributed by atoms with Gasteiger partial charge in [-0.15, -0.1) is 0 Å². The number of halogens is 1. The molecular weight excluding hydrogens is 337 g/mol. The summed E-state index contributed by atoms with van der Waals surface area (Å²) in [6, 6.07) is 12.5. The van der Waals surface area contributed by atoms with Crippen LogP contribution in [-0.4, -0.2) is 31.0 Å². The molecule has 1 aliphatic rings. The molecule has 1 fully saturated rings. The van der Waals surface area contributed by atoms with E-state index in [-0.39, 0.29) is 28.3 Å². The number of nitro groups is 1. The maximum atomic E-state index is 13.0. The zero-order valence-corrected chi connectivity index (χ0v) is 14.5. The molecule has 3 rings (SSSR count). The van der Waals surface area contributed by atoms with Gasteiger partial charge in [0.15, 0.2) is 0 Å². The van der Waals surface area contributed by atoms with Crippen LogP contribution in [0.2, 0.25) is 0 Å². The van der Waals surface area contributed by atoms with E-state index in [1.165, 1.54) is 18.2 Å². The van der Waals surface area contributed by atoms with Gasteiger partial charge in [0.05, 0.1) is 4.92 Å². The van der Waals surface area contributed by atoms with Gasteiger partial charge in [-0.2, -0.15) is 0 Å². The quantitative estimate of drug-likeness (QED) is 0.619. The van der Waals surface area contributed by atoms with Gasteiger partial charge in [0.2, 0.25) is 5.91 Å². The van der Waals surface area contributed by atoms with E-state index in [1.807, 2.05) is 4.90 Å². The molecule has 0 N–H and O–H groups in total. The number of rotatable bonds is 4. The molecule has 7 heteroatoms. The van der Waals surface area contributed by atoms with E-state index in [9.17, 15) is 19.3 Å².